The monoisotopic (exact) mass is 220 g/mol. The summed E-state index contributed by atoms with van der Waals surface area (Å²) >= 11 is 0. The van der Waals surface area contributed by atoms with Gasteiger partial charge < -0.3 is 24.8 Å². The second-order valence-corrected chi connectivity index (χ2v) is 3.73. The molecule has 0 radical (unpaired) electrons. The van der Waals surface area contributed by atoms with Crippen molar-refractivity contribution in [1.82, 2.24) is 0 Å². The SMILES string of the molecule is COC1O[C@@H](C)[C@@H](O)[C@@H](O)[C@@]1(O)C(C)=O. The summed E-state index contributed by atoms with van der Waals surface area (Å²) in [4.78, 5) is 11.3. The Morgan fingerprint density at radius 2 is 2.00 bits per heavy atom. The Hall–Kier alpha value is -0.530. The molecule has 0 aliphatic carbocycles. The van der Waals surface area contributed by atoms with Gasteiger partial charge in [0.15, 0.2) is 12.1 Å². The zero-order valence-electron chi connectivity index (χ0n) is 8.88. The second kappa shape index (κ2) is 4.15. The number of rotatable bonds is 2. The molecule has 1 heterocycles. The van der Waals surface area contributed by atoms with E-state index in [2.05, 4.69) is 0 Å². The minimum Gasteiger partial charge on any atom is -0.388 e. The molecule has 3 N–H and O–H groups in total. The third-order valence-corrected chi connectivity index (χ3v) is 2.73. The number of carbonyl (C=O) groups is 1. The van der Waals surface area contributed by atoms with Gasteiger partial charge in [0, 0.05) is 7.11 Å². The lowest BCUT2D eigenvalue weighted by Gasteiger charge is -2.45. The van der Waals surface area contributed by atoms with Crippen molar-refractivity contribution in [3.63, 3.8) is 0 Å². The summed E-state index contributed by atoms with van der Waals surface area (Å²) < 4.78 is 9.89. The van der Waals surface area contributed by atoms with Crippen molar-refractivity contribution in [2.24, 2.45) is 0 Å². The summed E-state index contributed by atoms with van der Waals surface area (Å²) in [7, 11) is 1.25. The van der Waals surface area contributed by atoms with E-state index in [0.29, 0.717) is 0 Å². The van der Waals surface area contributed by atoms with Crippen LogP contribution in [0.2, 0.25) is 0 Å². The molecule has 6 heteroatoms. The smallest absolute Gasteiger partial charge is 0.202 e. The van der Waals surface area contributed by atoms with E-state index in [-0.39, 0.29) is 0 Å². The van der Waals surface area contributed by atoms with Crippen LogP contribution in [0.3, 0.4) is 0 Å². The Balaban J connectivity index is 3.04. The maximum Gasteiger partial charge on any atom is 0.202 e. The van der Waals surface area contributed by atoms with Gasteiger partial charge in [-0.05, 0) is 13.8 Å². The van der Waals surface area contributed by atoms with Gasteiger partial charge in [-0.25, -0.2) is 0 Å². The Labute approximate surface area is 87.4 Å². The average Bonchev–Trinajstić information content (AvgIpc) is 2.20. The van der Waals surface area contributed by atoms with E-state index >= 15 is 0 Å². The van der Waals surface area contributed by atoms with E-state index in [0.717, 1.165) is 6.92 Å². The molecular weight excluding hydrogens is 204 g/mol. The largest absolute Gasteiger partial charge is 0.388 e. The van der Waals surface area contributed by atoms with E-state index in [1.54, 1.807) is 0 Å². The number of aliphatic hydroxyl groups excluding tert-OH is 2. The van der Waals surface area contributed by atoms with Crippen LogP contribution in [0.1, 0.15) is 13.8 Å². The summed E-state index contributed by atoms with van der Waals surface area (Å²) in [5.74, 6) is -0.715. The predicted molar refractivity (Wildman–Crippen MR) is 49.0 cm³/mol. The van der Waals surface area contributed by atoms with Crippen LogP contribution in [0, 0.1) is 0 Å². The molecule has 1 aliphatic rings. The molecule has 1 aliphatic heterocycles. The third-order valence-electron chi connectivity index (χ3n) is 2.73. The number of Topliss-reactive ketones (excluding diaryl/α,β-unsaturated/α-hetero) is 1. The molecular formula is C9H16O6. The van der Waals surface area contributed by atoms with Gasteiger partial charge in [-0.2, -0.15) is 0 Å². The maximum absolute atomic E-state index is 11.3. The Morgan fingerprint density at radius 1 is 1.47 bits per heavy atom. The lowest BCUT2D eigenvalue weighted by atomic mass is 9.84. The number of methoxy groups -OCH3 is 1. The van der Waals surface area contributed by atoms with E-state index in [4.69, 9.17) is 9.47 Å². The Morgan fingerprint density at radius 3 is 2.40 bits per heavy atom. The van der Waals surface area contributed by atoms with Gasteiger partial charge in [0.05, 0.1) is 6.10 Å². The van der Waals surface area contributed by atoms with Crippen molar-refractivity contribution in [3.05, 3.63) is 0 Å². The third kappa shape index (κ3) is 1.79. The second-order valence-electron chi connectivity index (χ2n) is 3.73. The molecule has 1 unspecified atom stereocenters. The zero-order chi connectivity index (χ0) is 11.8. The van der Waals surface area contributed by atoms with Gasteiger partial charge in [0.25, 0.3) is 0 Å². The van der Waals surface area contributed by atoms with E-state index < -0.39 is 36.0 Å². The Kier molecular flexibility index (Phi) is 3.47. The number of hydrogen-bond acceptors (Lipinski definition) is 6. The van der Waals surface area contributed by atoms with Crippen molar-refractivity contribution >= 4 is 5.78 Å². The van der Waals surface area contributed by atoms with Crippen LogP contribution in [-0.2, 0) is 14.3 Å². The highest BCUT2D eigenvalue weighted by Gasteiger charge is 2.57. The first-order chi connectivity index (χ1) is 6.85. The summed E-state index contributed by atoms with van der Waals surface area (Å²) in [5.41, 5.74) is -2.22. The minimum atomic E-state index is -2.22. The van der Waals surface area contributed by atoms with Gasteiger partial charge >= 0.3 is 0 Å². The first-order valence-corrected chi connectivity index (χ1v) is 4.63. The summed E-state index contributed by atoms with van der Waals surface area (Å²) in [5, 5.41) is 29.1. The van der Waals surface area contributed by atoms with Crippen molar-refractivity contribution in [3.8, 4) is 0 Å². The molecule has 0 spiro atoms. The molecule has 1 saturated heterocycles. The van der Waals surface area contributed by atoms with Crippen LogP contribution in [0.25, 0.3) is 0 Å². The number of carbonyl (C=O) groups excluding carboxylic acids is 1. The zero-order valence-corrected chi connectivity index (χ0v) is 8.88. The van der Waals surface area contributed by atoms with E-state index in [9.17, 15) is 20.1 Å². The van der Waals surface area contributed by atoms with Crippen LogP contribution in [0.15, 0.2) is 0 Å². The molecule has 88 valence electrons. The summed E-state index contributed by atoms with van der Waals surface area (Å²) in [6.45, 7) is 2.61. The first kappa shape index (κ1) is 12.5. The van der Waals surface area contributed by atoms with Gasteiger partial charge in [-0.1, -0.05) is 0 Å². The van der Waals surface area contributed by atoms with Crippen LogP contribution >= 0.6 is 0 Å². The van der Waals surface area contributed by atoms with E-state index in [1.807, 2.05) is 0 Å². The number of aliphatic hydroxyl groups is 3. The standard InChI is InChI=1S/C9H16O6/c1-4-6(11)7(12)9(13,5(2)10)8(14-3)15-4/h4,6-8,11-13H,1-3H3/t4-,6+,7+,8?,9-/m0/s1. The lowest BCUT2D eigenvalue weighted by Crippen LogP contribution is -2.68. The van der Waals surface area contributed by atoms with Crippen molar-refractivity contribution < 1.29 is 29.6 Å². The summed E-state index contributed by atoms with van der Waals surface area (Å²) in [6, 6.07) is 0. The van der Waals surface area contributed by atoms with Gasteiger partial charge in [-0.3, -0.25) is 4.79 Å². The van der Waals surface area contributed by atoms with Gasteiger partial charge in [0.2, 0.25) is 5.60 Å². The molecule has 1 fully saturated rings. The Bertz CT molecular complexity index is 251. The molecule has 6 nitrogen and oxygen atoms in total. The number of ketones is 1. The van der Waals surface area contributed by atoms with Crippen LogP contribution < -0.4 is 0 Å². The molecule has 1 rings (SSSR count). The average molecular weight is 220 g/mol. The first-order valence-electron chi connectivity index (χ1n) is 4.63. The molecule has 0 saturated carbocycles. The maximum atomic E-state index is 11.3. The highest BCUT2D eigenvalue weighted by molar-refractivity contribution is 5.86. The predicted octanol–water partition coefficient (Wildman–Crippen LogP) is -1.58. The normalized spacial score (nSPS) is 46.5. The molecule has 0 aromatic heterocycles. The molecule has 0 bridgehead atoms. The van der Waals surface area contributed by atoms with Gasteiger partial charge in [0.1, 0.15) is 12.2 Å². The minimum absolute atomic E-state index is 0.715. The highest BCUT2D eigenvalue weighted by atomic mass is 16.7. The quantitative estimate of drug-likeness (QED) is 0.519. The van der Waals surface area contributed by atoms with Crippen LogP contribution in [0.5, 0.6) is 0 Å². The topological polar surface area (TPSA) is 96.2 Å². The molecule has 0 amide bonds. The van der Waals surface area contributed by atoms with Crippen LogP contribution in [-0.4, -0.2) is 58.4 Å². The highest BCUT2D eigenvalue weighted by Crippen LogP contribution is 2.31. The fourth-order valence-electron chi connectivity index (χ4n) is 1.65. The van der Waals surface area contributed by atoms with Crippen molar-refractivity contribution in [1.29, 1.82) is 0 Å². The molecule has 15 heavy (non-hydrogen) atoms. The number of hydrogen-bond donors (Lipinski definition) is 3. The fourth-order valence-corrected chi connectivity index (χ4v) is 1.65. The summed E-state index contributed by atoms with van der Waals surface area (Å²) in [6.07, 6.45) is -4.94. The van der Waals surface area contributed by atoms with Gasteiger partial charge in [-0.15, -0.1) is 0 Å². The lowest BCUT2D eigenvalue weighted by molar-refractivity contribution is -0.316. The fraction of sp³-hybridized carbons (Fsp3) is 0.889. The van der Waals surface area contributed by atoms with Crippen molar-refractivity contribution in [2.75, 3.05) is 7.11 Å². The molecule has 5 atom stereocenters. The number of ether oxygens (including phenoxy) is 2. The van der Waals surface area contributed by atoms with Crippen LogP contribution in [0.4, 0.5) is 0 Å². The van der Waals surface area contributed by atoms with Crippen molar-refractivity contribution in [2.45, 2.75) is 44.1 Å². The van der Waals surface area contributed by atoms with E-state index in [1.165, 1.54) is 14.0 Å². The molecule has 0 aromatic rings. The molecule has 0 aromatic carbocycles.